The van der Waals surface area contributed by atoms with Gasteiger partial charge in [-0.15, -0.1) is 0 Å². The first-order valence-electron chi connectivity index (χ1n) is 15.1. The van der Waals surface area contributed by atoms with Crippen LogP contribution in [0.4, 0.5) is 0 Å². The minimum atomic E-state index is 0.921. The molecule has 8 aromatic rings. The van der Waals surface area contributed by atoms with Crippen LogP contribution in [0, 0.1) is 0 Å². The van der Waals surface area contributed by atoms with Gasteiger partial charge in [0.05, 0.1) is 0 Å². The number of hydrogen-bond acceptors (Lipinski definition) is 1. The first kappa shape index (κ1) is 24.2. The van der Waals surface area contributed by atoms with Gasteiger partial charge in [-0.2, -0.15) is 0 Å². The molecule has 1 nitrogen and oxygen atoms in total. The average Bonchev–Trinajstić information content (AvgIpc) is 3.45. The van der Waals surface area contributed by atoms with Crippen molar-refractivity contribution in [2.24, 2.45) is 0 Å². The van der Waals surface area contributed by atoms with Crippen LogP contribution < -0.4 is 0 Å². The van der Waals surface area contributed by atoms with Gasteiger partial charge >= 0.3 is 0 Å². The van der Waals surface area contributed by atoms with Gasteiger partial charge < -0.3 is 4.42 Å². The summed E-state index contributed by atoms with van der Waals surface area (Å²) in [5.74, 6) is 0. The highest BCUT2D eigenvalue weighted by molar-refractivity contribution is 6.23. The molecule has 7 aromatic carbocycles. The highest BCUT2D eigenvalue weighted by Gasteiger charge is 2.20. The molecule has 1 aliphatic carbocycles. The normalized spacial score (nSPS) is 12.8. The maximum absolute atomic E-state index is 6.18. The molecule has 0 atom stereocenters. The van der Waals surface area contributed by atoms with Crippen LogP contribution in [-0.2, 0) is 6.42 Å². The number of benzene rings is 7. The first-order chi connectivity index (χ1) is 21.3. The molecule has 0 saturated carbocycles. The van der Waals surface area contributed by atoms with E-state index in [9.17, 15) is 0 Å². The molecule has 0 fully saturated rings. The second-order valence-corrected chi connectivity index (χ2v) is 11.6. The molecule has 0 aliphatic heterocycles. The molecule has 0 spiro atoms. The number of furan rings is 1. The van der Waals surface area contributed by atoms with Crippen molar-refractivity contribution in [2.45, 2.75) is 12.8 Å². The van der Waals surface area contributed by atoms with E-state index in [2.05, 4.69) is 133 Å². The number of rotatable bonds is 3. The Morgan fingerprint density at radius 3 is 1.81 bits per heavy atom. The standard InChI is InChI=1S/C42H28O/c1-2-12-28-25-29(22-21-27(28)11-1)31-13-3-4-15-33(31)42-36-18-7-5-16-34(36)41(35-17-6-8-19-37(35)42)30-23-24-40-38(26-30)32-14-9-10-20-39(32)43-40/h1,3-11,13-26H,2,12H2. The first-order valence-corrected chi connectivity index (χ1v) is 15.1. The molecule has 1 heterocycles. The Hall–Kier alpha value is -5.40. The lowest BCUT2D eigenvalue weighted by Gasteiger charge is -2.20. The Kier molecular flexibility index (Phi) is 5.39. The number of hydrogen-bond donors (Lipinski definition) is 0. The van der Waals surface area contributed by atoms with Gasteiger partial charge in [0.1, 0.15) is 11.2 Å². The third-order valence-electron chi connectivity index (χ3n) is 9.12. The van der Waals surface area contributed by atoms with Crippen LogP contribution >= 0.6 is 0 Å². The van der Waals surface area contributed by atoms with Crippen LogP contribution in [0.5, 0.6) is 0 Å². The predicted molar refractivity (Wildman–Crippen MR) is 182 cm³/mol. The highest BCUT2D eigenvalue weighted by atomic mass is 16.3. The van der Waals surface area contributed by atoms with Crippen molar-refractivity contribution in [3.05, 3.63) is 151 Å². The van der Waals surface area contributed by atoms with Crippen molar-refractivity contribution in [2.75, 3.05) is 0 Å². The number of aryl methyl sites for hydroxylation is 1. The summed E-state index contributed by atoms with van der Waals surface area (Å²) in [5, 5.41) is 7.35. The van der Waals surface area contributed by atoms with Crippen molar-refractivity contribution in [3.63, 3.8) is 0 Å². The van der Waals surface area contributed by atoms with Crippen molar-refractivity contribution >= 4 is 49.6 Å². The van der Waals surface area contributed by atoms with Crippen LogP contribution in [0.25, 0.3) is 82.9 Å². The number of allylic oxidation sites excluding steroid dienone is 1. The Morgan fingerprint density at radius 2 is 1.05 bits per heavy atom. The van der Waals surface area contributed by atoms with Crippen LogP contribution in [0.15, 0.2) is 144 Å². The van der Waals surface area contributed by atoms with E-state index in [1.54, 1.807) is 0 Å². The topological polar surface area (TPSA) is 13.1 Å². The van der Waals surface area contributed by atoms with Crippen molar-refractivity contribution in [3.8, 4) is 33.4 Å². The van der Waals surface area contributed by atoms with Crippen LogP contribution in [0.3, 0.4) is 0 Å². The van der Waals surface area contributed by atoms with E-state index in [1.165, 1.54) is 66.1 Å². The Morgan fingerprint density at radius 1 is 0.442 bits per heavy atom. The van der Waals surface area contributed by atoms with Gasteiger partial charge in [-0.25, -0.2) is 0 Å². The van der Waals surface area contributed by atoms with Crippen molar-refractivity contribution in [1.82, 2.24) is 0 Å². The molecule has 1 aliphatic rings. The molecule has 9 rings (SSSR count). The van der Waals surface area contributed by atoms with Crippen LogP contribution in [0.1, 0.15) is 17.5 Å². The summed E-state index contributed by atoms with van der Waals surface area (Å²) in [4.78, 5) is 0. The van der Waals surface area contributed by atoms with E-state index in [0.717, 1.165) is 34.8 Å². The quantitative estimate of drug-likeness (QED) is 0.200. The summed E-state index contributed by atoms with van der Waals surface area (Å²) in [6.07, 6.45) is 6.74. The van der Waals surface area contributed by atoms with Gasteiger partial charge in [0.25, 0.3) is 0 Å². The number of para-hydroxylation sites is 1. The summed E-state index contributed by atoms with van der Waals surface area (Å²) >= 11 is 0. The van der Waals surface area contributed by atoms with Crippen LogP contribution in [-0.4, -0.2) is 0 Å². The van der Waals surface area contributed by atoms with Crippen LogP contribution in [0.2, 0.25) is 0 Å². The van der Waals surface area contributed by atoms with Gasteiger partial charge in [0.15, 0.2) is 0 Å². The molecular weight excluding hydrogens is 520 g/mol. The lowest BCUT2D eigenvalue weighted by atomic mass is 9.83. The predicted octanol–water partition coefficient (Wildman–Crippen LogP) is 11.9. The van der Waals surface area contributed by atoms with Gasteiger partial charge in [0.2, 0.25) is 0 Å². The van der Waals surface area contributed by atoms with E-state index >= 15 is 0 Å². The zero-order chi connectivity index (χ0) is 28.3. The molecule has 0 bridgehead atoms. The molecule has 1 aromatic heterocycles. The summed E-state index contributed by atoms with van der Waals surface area (Å²) < 4.78 is 6.18. The van der Waals surface area contributed by atoms with E-state index in [0.29, 0.717) is 0 Å². The second kappa shape index (κ2) is 9.58. The molecule has 0 saturated heterocycles. The zero-order valence-electron chi connectivity index (χ0n) is 23.7. The third kappa shape index (κ3) is 3.78. The van der Waals surface area contributed by atoms with Gasteiger partial charge in [0, 0.05) is 10.8 Å². The minimum absolute atomic E-state index is 0.921. The van der Waals surface area contributed by atoms with E-state index in [1.807, 2.05) is 12.1 Å². The Bertz CT molecular complexity index is 2340. The molecular formula is C42H28O. The third-order valence-corrected chi connectivity index (χ3v) is 9.12. The number of fused-ring (bicyclic) bond motifs is 6. The fourth-order valence-corrected chi connectivity index (χ4v) is 7.17. The molecule has 0 radical (unpaired) electrons. The van der Waals surface area contributed by atoms with Crippen molar-refractivity contribution < 1.29 is 4.42 Å². The van der Waals surface area contributed by atoms with Gasteiger partial charge in [-0.3, -0.25) is 0 Å². The highest BCUT2D eigenvalue weighted by Crippen LogP contribution is 2.47. The second-order valence-electron chi connectivity index (χ2n) is 11.6. The van der Waals surface area contributed by atoms with E-state index < -0.39 is 0 Å². The zero-order valence-corrected chi connectivity index (χ0v) is 23.7. The summed E-state index contributed by atoms with van der Waals surface area (Å²) in [6, 6.07) is 48.7. The van der Waals surface area contributed by atoms with E-state index in [4.69, 9.17) is 4.42 Å². The van der Waals surface area contributed by atoms with Gasteiger partial charge in [-0.1, -0.05) is 127 Å². The summed E-state index contributed by atoms with van der Waals surface area (Å²) in [6.45, 7) is 0. The molecule has 0 N–H and O–H groups in total. The molecule has 1 heteroatoms. The lowest BCUT2D eigenvalue weighted by molar-refractivity contribution is 0.669. The smallest absolute Gasteiger partial charge is 0.135 e. The molecule has 202 valence electrons. The fourth-order valence-electron chi connectivity index (χ4n) is 7.17. The summed E-state index contributed by atoms with van der Waals surface area (Å²) in [5.41, 5.74) is 12.2. The maximum atomic E-state index is 6.18. The molecule has 0 amide bonds. The largest absolute Gasteiger partial charge is 0.456 e. The molecule has 0 unspecified atom stereocenters. The molecule has 43 heavy (non-hydrogen) atoms. The van der Waals surface area contributed by atoms with Crippen molar-refractivity contribution in [1.29, 1.82) is 0 Å². The lowest BCUT2D eigenvalue weighted by Crippen LogP contribution is -1.96. The Labute approximate surface area is 250 Å². The fraction of sp³-hybridized carbons (Fsp3) is 0.0476. The SMILES string of the molecule is C1=Cc2ccc(-c3ccccc3-c3c4ccccc4c(-c4ccc5oc6ccccc6c5c4)c4ccccc34)cc2CC1. The summed E-state index contributed by atoms with van der Waals surface area (Å²) in [7, 11) is 0. The Balaban J connectivity index is 1.34. The maximum Gasteiger partial charge on any atom is 0.135 e. The van der Waals surface area contributed by atoms with E-state index in [-0.39, 0.29) is 0 Å². The van der Waals surface area contributed by atoms with Gasteiger partial charge in [-0.05, 0) is 97.1 Å². The monoisotopic (exact) mass is 548 g/mol. The average molecular weight is 549 g/mol. The minimum Gasteiger partial charge on any atom is -0.456 e.